The summed E-state index contributed by atoms with van der Waals surface area (Å²) in [6, 6.07) is 0. The van der Waals surface area contributed by atoms with E-state index in [1.807, 2.05) is 0 Å². The molecule has 0 fully saturated rings. The molecule has 21 valence electrons. The molecule has 0 saturated carbocycles. The molecule has 0 heterocycles. The molecule has 0 aliphatic rings. The largest absolute Gasteiger partial charge is 1.00 e. The van der Waals surface area contributed by atoms with Crippen molar-refractivity contribution in [1.29, 1.82) is 0 Å². The van der Waals surface area contributed by atoms with Gasteiger partial charge in [0.2, 0.25) is 0 Å². The first-order chi connectivity index (χ1) is 0. The molecule has 1 radical (unpaired) electrons. The molecule has 1 atom stereocenters. The van der Waals surface area contributed by atoms with E-state index in [1.54, 1.807) is 0 Å². The van der Waals surface area contributed by atoms with Gasteiger partial charge in [-0.1, -0.05) is 0 Å². The second kappa shape index (κ2) is 17.2. The molecule has 0 nitrogen and oxygen atoms in total. The van der Waals surface area contributed by atoms with Crippen LogP contribution in [-0.2, 0) is 22.4 Å². The summed E-state index contributed by atoms with van der Waals surface area (Å²) in [6.45, 7) is 0. The topological polar surface area (TPSA) is 0 Å². The average molecular weight is 273 g/mol. The van der Waals surface area contributed by atoms with Crippen LogP contribution in [0.15, 0.2) is 0 Å². The van der Waals surface area contributed by atoms with Crippen LogP contribution in [0.3, 0.4) is 0 Å². The van der Waals surface area contributed by atoms with Crippen molar-refractivity contribution in [3.05, 3.63) is 0 Å². The third kappa shape index (κ3) is 8.83. The SMILES string of the molecule is P.[F-].[K+].[Ta]. The molecule has 0 saturated heterocycles. The van der Waals surface area contributed by atoms with Crippen LogP contribution in [0.2, 0.25) is 0 Å². The maximum atomic E-state index is 0. The molecule has 4 heteroatoms. The minimum absolute atomic E-state index is 0. The molecule has 0 amide bonds. The molecule has 0 aromatic carbocycles. The van der Waals surface area contributed by atoms with Gasteiger partial charge in [-0.15, -0.1) is 0 Å². The molecule has 0 rings (SSSR count). The molecule has 0 aromatic rings. The summed E-state index contributed by atoms with van der Waals surface area (Å²) in [5, 5.41) is 0. The fourth-order valence-corrected chi connectivity index (χ4v) is 0. The Labute approximate surface area is 86.4 Å². The molecular weight excluding hydrogens is 270 g/mol. The summed E-state index contributed by atoms with van der Waals surface area (Å²) in [5.41, 5.74) is 0. The smallest absolute Gasteiger partial charge is 1.00 e. The fourth-order valence-electron chi connectivity index (χ4n) is 0. The van der Waals surface area contributed by atoms with E-state index in [4.69, 9.17) is 0 Å². The Hall–Kier alpha value is 2.74. The predicted octanol–water partition coefficient (Wildman–Crippen LogP) is -5.94. The van der Waals surface area contributed by atoms with Crippen LogP contribution in [0.25, 0.3) is 0 Å². The summed E-state index contributed by atoms with van der Waals surface area (Å²) in [7, 11) is 0. The first-order valence-corrected chi connectivity index (χ1v) is 0. The van der Waals surface area contributed by atoms with Gasteiger partial charge in [0.05, 0.1) is 0 Å². The summed E-state index contributed by atoms with van der Waals surface area (Å²) in [5.74, 6) is 0. The van der Waals surface area contributed by atoms with Crippen molar-refractivity contribution >= 4 is 9.90 Å². The van der Waals surface area contributed by atoms with Gasteiger partial charge < -0.3 is 4.70 Å². The average Bonchev–Trinajstić information content (AvgIpc) is 0. The standard InChI is InChI=1S/FH.K.H3P.Ta/h1H;;1H3;/q;+1;;/p-1. The number of hydrogen-bond donors (Lipinski definition) is 0. The van der Waals surface area contributed by atoms with Gasteiger partial charge in [-0.05, 0) is 0 Å². The van der Waals surface area contributed by atoms with Crippen LogP contribution < -0.4 is 56.1 Å². The van der Waals surface area contributed by atoms with Crippen molar-refractivity contribution in [3.63, 3.8) is 0 Å². The third-order valence-electron chi connectivity index (χ3n) is 0. The van der Waals surface area contributed by atoms with E-state index >= 15 is 0 Å². The molecule has 0 bridgehead atoms. The summed E-state index contributed by atoms with van der Waals surface area (Å²) in [6.07, 6.45) is 0. The molecule has 0 aliphatic heterocycles. The van der Waals surface area contributed by atoms with Crippen LogP contribution in [0, 0.1) is 0 Å². The first-order valence-electron chi connectivity index (χ1n) is 0. The second-order valence-corrected chi connectivity index (χ2v) is 0. The number of hydrogen-bond acceptors (Lipinski definition) is 0. The summed E-state index contributed by atoms with van der Waals surface area (Å²) in [4.78, 5) is 0. The van der Waals surface area contributed by atoms with Crippen molar-refractivity contribution in [2.45, 2.75) is 0 Å². The normalized spacial score (nSPS) is 0. The molecule has 0 N–H and O–H groups in total. The second-order valence-electron chi connectivity index (χ2n) is 0. The Bertz CT molecular complexity index is 8.00. The van der Waals surface area contributed by atoms with E-state index in [-0.39, 0.29) is 88.4 Å². The van der Waals surface area contributed by atoms with Gasteiger partial charge in [-0.3, -0.25) is 0 Å². The maximum absolute atomic E-state index is 0. The molecular formula is H3FKPTa. The van der Waals surface area contributed by atoms with E-state index < -0.39 is 0 Å². The predicted molar refractivity (Wildman–Crippen MR) is 11.1 cm³/mol. The van der Waals surface area contributed by atoms with Gasteiger partial charge in [0.15, 0.2) is 0 Å². The van der Waals surface area contributed by atoms with Gasteiger partial charge in [-0.25, -0.2) is 0 Å². The zero-order valence-electron chi connectivity index (χ0n) is 2.53. The van der Waals surface area contributed by atoms with E-state index in [1.165, 1.54) is 0 Å². The van der Waals surface area contributed by atoms with Crippen molar-refractivity contribution in [3.8, 4) is 0 Å². The van der Waals surface area contributed by atoms with E-state index in [0.29, 0.717) is 0 Å². The maximum Gasteiger partial charge on any atom is 1.00 e. The monoisotopic (exact) mass is 273 g/mol. The van der Waals surface area contributed by atoms with Crippen molar-refractivity contribution in [1.82, 2.24) is 0 Å². The Balaban J connectivity index is 0. The zero-order valence-corrected chi connectivity index (χ0v) is 10.3. The third-order valence-corrected chi connectivity index (χ3v) is 0. The first kappa shape index (κ1) is 29.6. The Kier molecular flexibility index (Phi) is 127. The van der Waals surface area contributed by atoms with E-state index in [0.717, 1.165) is 0 Å². The molecule has 4 heavy (non-hydrogen) atoms. The van der Waals surface area contributed by atoms with Gasteiger partial charge in [0.25, 0.3) is 0 Å². The van der Waals surface area contributed by atoms with Crippen molar-refractivity contribution in [2.24, 2.45) is 0 Å². The van der Waals surface area contributed by atoms with Crippen molar-refractivity contribution < 1.29 is 78.5 Å². The van der Waals surface area contributed by atoms with Gasteiger partial charge in [0.1, 0.15) is 0 Å². The minimum atomic E-state index is 0. The van der Waals surface area contributed by atoms with Crippen LogP contribution in [0.4, 0.5) is 0 Å². The van der Waals surface area contributed by atoms with Crippen molar-refractivity contribution in [2.75, 3.05) is 0 Å². The van der Waals surface area contributed by atoms with E-state index in [9.17, 15) is 0 Å². The Morgan fingerprint density at radius 3 is 1.00 bits per heavy atom. The molecule has 0 spiro atoms. The summed E-state index contributed by atoms with van der Waals surface area (Å²) < 4.78 is 0. The van der Waals surface area contributed by atoms with Gasteiger partial charge in [-0.2, -0.15) is 9.90 Å². The Morgan fingerprint density at radius 2 is 1.00 bits per heavy atom. The molecule has 0 aliphatic carbocycles. The Morgan fingerprint density at radius 1 is 1.00 bits per heavy atom. The molecule has 1 unspecified atom stereocenters. The number of halogens is 1. The van der Waals surface area contributed by atoms with E-state index in [2.05, 4.69) is 0 Å². The van der Waals surface area contributed by atoms with Gasteiger partial charge >= 0.3 is 51.4 Å². The fraction of sp³-hybridized carbons (Fsp3) is 0. The van der Waals surface area contributed by atoms with Crippen LogP contribution in [-0.4, -0.2) is 0 Å². The zero-order chi connectivity index (χ0) is 0. The number of rotatable bonds is 0. The van der Waals surface area contributed by atoms with Gasteiger partial charge in [0, 0.05) is 22.4 Å². The van der Waals surface area contributed by atoms with Crippen LogP contribution >= 0.6 is 9.90 Å². The minimum Gasteiger partial charge on any atom is -1.00 e. The quantitative estimate of drug-likeness (QED) is 0.304. The van der Waals surface area contributed by atoms with Crippen LogP contribution in [0.1, 0.15) is 0 Å². The molecule has 0 aromatic heterocycles. The summed E-state index contributed by atoms with van der Waals surface area (Å²) >= 11 is 0. The van der Waals surface area contributed by atoms with Crippen LogP contribution in [0.5, 0.6) is 0 Å².